The van der Waals surface area contributed by atoms with Gasteiger partial charge in [0.25, 0.3) is 0 Å². The number of amides is 1. The fourth-order valence-corrected chi connectivity index (χ4v) is 2.53. The van der Waals surface area contributed by atoms with E-state index in [1.54, 1.807) is 0 Å². The van der Waals surface area contributed by atoms with Crippen molar-refractivity contribution in [3.8, 4) is 0 Å². The summed E-state index contributed by atoms with van der Waals surface area (Å²) in [7, 11) is 0. The highest BCUT2D eigenvalue weighted by atomic mass is 16.5. The number of carbonyl (C=O) groups is 2. The number of hydrogen-bond donors (Lipinski definition) is 1. The minimum Gasteiger partial charge on any atom is -0.480 e. The molecule has 0 bridgehead atoms. The van der Waals surface area contributed by atoms with Gasteiger partial charge in [0.15, 0.2) is 0 Å². The Labute approximate surface area is 94.4 Å². The third kappa shape index (κ3) is 1.91. The van der Waals surface area contributed by atoms with Gasteiger partial charge in [0.05, 0.1) is 12.5 Å². The summed E-state index contributed by atoms with van der Waals surface area (Å²) in [6.45, 7) is 3.50. The number of ether oxygens (including phenoxy) is 1. The van der Waals surface area contributed by atoms with E-state index in [-0.39, 0.29) is 17.7 Å². The average molecular weight is 227 g/mol. The Morgan fingerprint density at radius 2 is 2.12 bits per heavy atom. The maximum absolute atomic E-state index is 12.1. The lowest BCUT2D eigenvalue weighted by molar-refractivity contribution is -0.151. The van der Waals surface area contributed by atoms with Crippen LogP contribution in [-0.4, -0.2) is 47.7 Å². The van der Waals surface area contributed by atoms with E-state index in [9.17, 15) is 9.59 Å². The van der Waals surface area contributed by atoms with Crippen molar-refractivity contribution in [1.82, 2.24) is 4.90 Å². The van der Waals surface area contributed by atoms with Crippen LogP contribution in [0.5, 0.6) is 0 Å². The van der Waals surface area contributed by atoms with Gasteiger partial charge in [0.2, 0.25) is 5.91 Å². The van der Waals surface area contributed by atoms with Crippen LogP contribution in [0.1, 0.15) is 19.8 Å². The SMILES string of the molecule is CC1CCN(C(=O)C2CCOC2)C1C(=O)O. The number of rotatable bonds is 2. The Morgan fingerprint density at radius 3 is 2.69 bits per heavy atom. The van der Waals surface area contributed by atoms with E-state index in [1.807, 2.05) is 6.92 Å². The summed E-state index contributed by atoms with van der Waals surface area (Å²) in [4.78, 5) is 24.7. The van der Waals surface area contributed by atoms with Crippen molar-refractivity contribution < 1.29 is 19.4 Å². The standard InChI is InChI=1S/C11H17NO4/c1-7-2-4-12(9(7)11(14)15)10(13)8-3-5-16-6-8/h7-9H,2-6H2,1H3,(H,14,15). The molecule has 0 radical (unpaired) electrons. The molecule has 2 aliphatic rings. The van der Waals surface area contributed by atoms with Gasteiger partial charge in [-0.3, -0.25) is 4.79 Å². The monoisotopic (exact) mass is 227 g/mol. The van der Waals surface area contributed by atoms with E-state index in [0.717, 1.165) is 12.8 Å². The van der Waals surface area contributed by atoms with E-state index in [2.05, 4.69) is 0 Å². The van der Waals surface area contributed by atoms with E-state index in [1.165, 1.54) is 4.90 Å². The molecule has 1 amide bonds. The van der Waals surface area contributed by atoms with Gasteiger partial charge < -0.3 is 14.7 Å². The van der Waals surface area contributed by atoms with Crippen LogP contribution in [-0.2, 0) is 14.3 Å². The molecule has 0 aromatic heterocycles. The molecular formula is C11H17NO4. The van der Waals surface area contributed by atoms with Gasteiger partial charge in [-0.05, 0) is 18.8 Å². The minimum absolute atomic E-state index is 0.0452. The van der Waals surface area contributed by atoms with Crippen LogP contribution in [0.2, 0.25) is 0 Å². The Hall–Kier alpha value is -1.10. The van der Waals surface area contributed by atoms with Gasteiger partial charge in [-0.1, -0.05) is 6.92 Å². The molecule has 3 unspecified atom stereocenters. The molecule has 0 aromatic carbocycles. The topological polar surface area (TPSA) is 66.8 Å². The maximum atomic E-state index is 12.1. The van der Waals surface area contributed by atoms with Crippen LogP contribution in [0, 0.1) is 11.8 Å². The summed E-state index contributed by atoms with van der Waals surface area (Å²) in [6.07, 6.45) is 1.49. The largest absolute Gasteiger partial charge is 0.480 e. The van der Waals surface area contributed by atoms with Gasteiger partial charge in [0.1, 0.15) is 6.04 Å². The number of nitrogens with zero attached hydrogens (tertiary/aromatic N) is 1. The van der Waals surface area contributed by atoms with Crippen LogP contribution >= 0.6 is 0 Å². The van der Waals surface area contributed by atoms with E-state index in [4.69, 9.17) is 9.84 Å². The molecular weight excluding hydrogens is 210 g/mol. The molecule has 2 aliphatic heterocycles. The van der Waals surface area contributed by atoms with Crippen molar-refractivity contribution in [2.45, 2.75) is 25.8 Å². The summed E-state index contributed by atoms with van der Waals surface area (Å²) in [5.74, 6) is -1.03. The van der Waals surface area contributed by atoms with Crippen LogP contribution in [0.15, 0.2) is 0 Å². The van der Waals surface area contributed by atoms with Crippen LogP contribution in [0.25, 0.3) is 0 Å². The van der Waals surface area contributed by atoms with E-state index >= 15 is 0 Å². The Kier molecular flexibility index (Phi) is 3.14. The number of hydrogen-bond acceptors (Lipinski definition) is 3. The van der Waals surface area contributed by atoms with Gasteiger partial charge in [-0.25, -0.2) is 4.79 Å². The third-order valence-electron chi connectivity index (χ3n) is 3.52. The molecule has 0 aromatic rings. The lowest BCUT2D eigenvalue weighted by Crippen LogP contribution is -2.45. The highest BCUT2D eigenvalue weighted by Gasteiger charge is 2.42. The first kappa shape index (κ1) is 11.4. The van der Waals surface area contributed by atoms with Crippen molar-refractivity contribution in [3.63, 3.8) is 0 Å². The zero-order valence-corrected chi connectivity index (χ0v) is 9.39. The highest BCUT2D eigenvalue weighted by molar-refractivity contribution is 5.86. The first-order valence-electron chi connectivity index (χ1n) is 5.72. The fourth-order valence-electron chi connectivity index (χ4n) is 2.53. The van der Waals surface area contributed by atoms with Crippen LogP contribution in [0.3, 0.4) is 0 Å². The summed E-state index contributed by atoms with van der Waals surface area (Å²) < 4.78 is 5.17. The quantitative estimate of drug-likeness (QED) is 0.739. The summed E-state index contributed by atoms with van der Waals surface area (Å²) in [5, 5.41) is 9.12. The first-order chi connectivity index (χ1) is 7.61. The first-order valence-corrected chi connectivity index (χ1v) is 5.72. The molecule has 5 nitrogen and oxygen atoms in total. The molecule has 0 aliphatic carbocycles. The van der Waals surface area contributed by atoms with Crippen molar-refractivity contribution >= 4 is 11.9 Å². The van der Waals surface area contributed by atoms with Crippen molar-refractivity contribution in [3.05, 3.63) is 0 Å². The molecule has 1 N–H and O–H groups in total. The maximum Gasteiger partial charge on any atom is 0.326 e. The predicted molar refractivity (Wildman–Crippen MR) is 55.8 cm³/mol. The lowest BCUT2D eigenvalue weighted by atomic mass is 10.0. The van der Waals surface area contributed by atoms with E-state index in [0.29, 0.717) is 19.8 Å². The highest BCUT2D eigenvalue weighted by Crippen LogP contribution is 2.27. The Bertz CT molecular complexity index is 298. The summed E-state index contributed by atoms with van der Waals surface area (Å²) >= 11 is 0. The molecule has 90 valence electrons. The molecule has 2 saturated heterocycles. The number of likely N-dealkylation sites (tertiary alicyclic amines) is 1. The normalized spacial score (nSPS) is 34.3. The molecule has 5 heteroatoms. The van der Waals surface area contributed by atoms with Gasteiger partial charge >= 0.3 is 5.97 Å². The zero-order valence-electron chi connectivity index (χ0n) is 9.39. The van der Waals surface area contributed by atoms with Crippen molar-refractivity contribution in [2.75, 3.05) is 19.8 Å². The zero-order chi connectivity index (χ0) is 11.7. The number of carboxylic acids is 1. The van der Waals surface area contributed by atoms with Crippen LogP contribution < -0.4 is 0 Å². The fraction of sp³-hybridized carbons (Fsp3) is 0.818. The van der Waals surface area contributed by atoms with Gasteiger partial charge in [-0.2, -0.15) is 0 Å². The molecule has 3 atom stereocenters. The third-order valence-corrected chi connectivity index (χ3v) is 3.52. The molecule has 2 rings (SSSR count). The van der Waals surface area contributed by atoms with Gasteiger partial charge in [0, 0.05) is 13.2 Å². The second kappa shape index (κ2) is 4.41. The molecule has 2 fully saturated rings. The number of carboxylic acid groups (broad SMARTS) is 1. The van der Waals surface area contributed by atoms with Crippen molar-refractivity contribution in [2.24, 2.45) is 11.8 Å². The van der Waals surface area contributed by atoms with Gasteiger partial charge in [-0.15, -0.1) is 0 Å². The second-order valence-electron chi connectivity index (χ2n) is 4.64. The van der Waals surface area contributed by atoms with Crippen LogP contribution in [0.4, 0.5) is 0 Å². The van der Waals surface area contributed by atoms with Crippen molar-refractivity contribution in [1.29, 1.82) is 0 Å². The number of aliphatic carboxylic acids is 1. The Balaban J connectivity index is 2.07. The smallest absolute Gasteiger partial charge is 0.326 e. The molecule has 2 heterocycles. The van der Waals surface area contributed by atoms with E-state index < -0.39 is 12.0 Å². The Morgan fingerprint density at radius 1 is 1.38 bits per heavy atom. The molecule has 0 spiro atoms. The average Bonchev–Trinajstić information content (AvgIpc) is 2.84. The predicted octanol–water partition coefficient (Wildman–Crippen LogP) is 0.344. The number of carbonyl (C=O) groups excluding carboxylic acids is 1. The molecule has 16 heavy (non-hydrogen) atoms. The molecule has 0 saturated carbocycles. The summed E-state index contributed by atoms with van der Waals surface area (Å²) in [5.41, 5.74) is 0. The second-order valence-corrected chi connectivity index (χ2v) is 4.64. The summed E-state index contributed by atoms with van der Waals surface area (Å²) in [6, 6.07) is -0.645. The minimum atomic E-state index is -0.891. The lowest BCUT2D eigenvalue weighted by Gasteiger charge is -2.25.